The molecular weight excluding hydrogens is 272 g/mol. The van der Waals surface area contributed by atoms with Gasteiger partial charge in [-0.2, -0.15) is 0 Å². The Morgan fingerprint density at radius 3 is 2.33 bits per heavy atom. The number of carbonyl (C=O) groups is 1. The lowest BCUT2D eigenvalue weighted by atomic mass is 10.0. The number of hydrogen-bond donors (Lipinski definition) is 1. The van der Waals surface area contributed by atoms with E-state index >= 15 is 0 Å². The van der Waals surface area contributed by atoms with Gasteiger partial charge >= 0.3 is 0 Å². The van der Waals surface area contributed by atoms with E-state index in [1.165, 1.54) is 14.2 Å². The molecule has 1 atom stereocenters. The summed E-state index contributed by atoms with van der Waals surface area (Å²) in [5.74, 6) is 1.41. The molecule has 6 heteroatoms. The molecule has 116 valence electrons. The van der Waals surface area contributed by atoms with Crippen LogP contribution in [0.15, 0.2) is 12.1 Å². The number of ether oxygens (including phenoxy) is 3. The Morgan fingerprint density at radius 2 is 1.76 bits per heavy atom. The highest BCUT2D eigenvalue weighted by atomic mass is 16.5. The molecule has 0 bridgehead atoms. The molecule has 2 rings (SSSR count). The zero-order valence-corrected chi connectivity index (χ0v) is 12.7. The maximum absolute atomic E-state index is 12.7. The largest absolute Gasteiger partial charge is 0.496 e. The van der Waals surface area contributed by atoms with Crippen molar-refractivity contribution in [2.75, 3.05) is 34.4 Å². The quantitative estimate of drug-likeness (QED) is 0.905. The SMILES string of the molecule is COc1cc(OC)c(C(=O)N2CCCC(N)C2)cc1OC. The third-order valence-electron chi connectivity index (χ3n) is 3.68. The van der Waals surface area contributed by atoms with Crippen LogP contribution in [-0.4, -0.2) is 51.3 Å². The number of amides is 1. The molecule has 1 saturated heterocycles. The summed E-state index contributed by atoms with van der Waals surface area (Å²) >= 11 is 0. The predicted molar refractivity (Wildman–Crippen MR) is 79.2 cm³/mol. The average Bonchev–Trinajstić information content (AvgIpc) is 2.52. The number of nitrogens with two attached hydrogens (primary N) is 1. The van der Waals surface area contributed by atoms with E-state index in [9.17, 15) is 4.79 Å². The van der Waals surface area contributed by atoms with Gasteiger partial charge in [-0.3, -0.25) is 4.79 Å². The first kappa shape index (κ1) is 15.4. The molecule has 0 spiro atoms. The average molecular weight is 294 g/mol. The first-order chi connectivity index (χ1) is 10.1. The van der Waals surface area contributed by atoms with Crippen molar-refractivity contribution < 1.29 is 19.0 Å². The molecule has 1 heterocycles. The zero-order chi connectivity index (χ0) is 15.4. The van der Waals surface area contributed by atoms with Crippen LogP contribution >= 0.6 is 0 Å². The molecular formula is C15H22N2O4. The molecule has 0 aromatic heterocycles. The van der Waals surface area contributed by atoms with Gasteiger partial charge in [-0.15, -0.1) is 0 Å². The number of likely N-dealkylation sites (tertiary alicyclic amines) is 1. The molecule has 0 saturated carbocycles. The fraction of sp³-hybridized carbons (Fsp3) is 0.533. The van der Waals surface area contributed by atoms with Crippen molar-refractivity contribution in [3.05, 3.63) is 17.7 Å². The van der Waals surface area contributed by atoms with Gasteiger partial charge in [0.25, 0.3) is 5.91 Å². The van der Waals surface area contributed by atoms with E-state index in [1.807, 2.05) is 0 Å². The molecule has 1 aliphatic rings. The van der Waals surface area contributed by atoms with Crippen molar-refractivity contribution in [3.8, 4) is 17.2 Å². The minimum absolute atomic E-state index is 0.0360. The summed E-state index contributed by atoms with van der Waals surface area (Å²) in [5.41, 5.74) is 6.41. The number of benzene rings is 1. The van der Waals surface area contributed by atoms with Gasteiger partial charge in [0, 0.05) is 31.3 Å². The van der Waals surface area contributed by atoms with Gasteiger partial charge in [-0.05, 0) is 12.8 Å². The molecule has 1 aromatic carbocycles. The standard InChI is InChI=1S/C15H22N2O4/c1-19-12-8-14(21-3)13(20-2)7-11(12)15(18)17-6-4-5-10(16)9-17/h7-8,10H,4-6,9,16H2,1-3H3. The lowest BCUT2D eigenvalue weighted by Gasteiger charge is -2.31. The predicted octanol–water partition coefficient (Wildman–Crippen LogP) is 1.28. The van der Waals surface area contributed by atoms with Crippen LogP contribution in [0.3, 0.4) is 0 Å². The Labute approximate surface area is 124 Å². The molecule has 1 fully saturated rings. The number of rotatable bonds is 4. The van der Waals surface area contributed by atoms with Gasteiger partial charge in [0.2, 0.25) is 0 Å². The fourth-order valence-electron chi connectivity index (χ4n) is 2.56. The Balaban J connectivity index is 2.34. The molecule has 1 unspecified atom stereocenters. The number of carbonyl (C=O) groups excluding carboxylic acids is 1. The molecule has 6 nitrogen and oxygen atoms in total. The number of piperidine rings is 1. The van der Waals surface area contributed by atoms with Crippen molar-refractivity contribution in [2.45, 2.75) is 18.9 Å². The van der Waals surface area contributed by atoms with Gasteiger partial charge < -0.3 is 24.8 Å². The topological polar surface area (TPSA) is 74.0 Å². The summed E-state index contributed by atoms with van der Waals surface area (Å²) in [6.07, 6.45) is 1.87. The molecule has 0 aliphatic carbocycles. The van der Waals surface area contributed by atoms with Crippen LogP contribution in [0, 0.1) is 0 Å². The molecule has 2 N–H and O–H groups in total. The highest BCUT2D eigenvalue weighted by Crippen LogP contribution is 2.35. The van der Waals surface area contributed by atoms with E-state index in [0.717, 1.165) is 12.8 Å². The monoisotopic (exact) mass is 294 g/mol. The van der Waals surface area contributed by atoms with Crippen LogP contribution in [0.4, 0.5) is 0 Å². The van der Waals surface area contributed by atoms with Crippen molar-refractivity contribution >= 4 is 5.91 Å². The second-order valence-corrected chi connectivity index (χ2v) is 5.06. The maximum Gasteiger partial charge on any atom is 0.257 e. The summed E-state index contributed by atoms with van der Waals surface area (Å²) < 4.78 is 15.8. The van der Waals surface area contributed by atoms with Crippen molar-refractivity contribution in [2.24, 2.45) is 5.73 Å². The third kappa shape index (κ3) is 3.21. The first-order valence-corrected chi connectivity index (χ1v) is 6.95. The van der Waals surface area contributed by atoms with Gasteiger partial charge in [0.1, 0.15) is 5.75 Å². The van der Waals surface area contributed by atoms with Crippen LogP contribution in [-0.2, 0) is 0 Å². The lowest BCUT2D eigenvalue weighted by molar-refractivity contribution is 0.0705. The van der Waals surface area contributed by atoms with E-state index in [1.54, 1.807) is 24.1 Å². The van der Waals surface area contributed by atoms with Crippen LogP contribution in [0.5, 0.6) is 17.2 Å². The number of nitrogens with zero attached hydrogens (tertiary/aromatic N) is 1. The highest BCUT2D eigenvalue weighted by molar-refractivity contribution is 5.98. The Kier molecular flexibility index (Phi) is 4.90. The Hall–Kier alpha value is -1.95. The van der Waals surface area contributed by atoms with E-state index in [2.05, 4.69) is 0 Å². The summed E-state index contributed by atoms with van der Waals surface area (Å²) in [6, 6.07) is 3.35. The molecule has 1 amide bonds. The first-order valence-electron chi connectivity index (χ1n) is 6.95. The normalized spacial score (nSPS) is 18.3. The summed E-state index contributed by atoms with van der Waals surface area (Å²) in [7, 11) is 4.61. The summed E-state index contributed by atoms with van der Waals surface area (Å²) in [4.78, 5) is 14.4. The Bertz CT molecular complexity index is 519. The van der Waals surface area contributed by atoms with E-state index in [4.69, 9.17) is 19.9 Å². The van der Waals surface area contributed by atoms with Gasteiger partial charge in [-0.1, -0.05) is 0 Å². The fourth-order valence-corrected chi connectivity index (χ4v) is 2.56. The van der Waals surface area contributed by atoms with Crippen molar-refractivity contribution in [1.29, 1.82) is 0 Å². The highest BCUT2D eigenvalue weighted by Gasteiger charge is 2.26. The van der Waals surface area contributed by atoms with Crippen molar-refractivity contribution in [3.63, 3.8) is 0 Å². The third-order valence-corrected chi connectivity index (χ3v) is 3.68. The van der Waals surface area contributed by atoms with E-state index in [-0.39, 0.29) is 11.9 Å². The minimum atomic E-state index is -0.0945. The molecule has 1 aliphatic heterocycles. The van der Waals surface area contributed by atoms with E-state index < -0.39 is 0 Å². The minimum Gasteiger partial charge on any atom is -0.496 e. The zero-order valence-electron chi connectivity index (χ0n) is 12.7. The van der Waals surface area contributed by atoms with Crippen LogP contribution in [0.25, 0.3) is 0 Å². The smallest absolute Gasteiger partial charge is 0.257 e. The van der Waals surface area contributed by atoms with Crippen molar-refractivity contribution in [1.82, 2.24) is 4.90 Å². The summed E-state index contributed by atoms with van der Waals surface area (Å²) in [5, 5.41) is 0. The maximum atomic E-state index is 12.7. The number of methoxy groups -OCH3 is 3. The second-order valence-electron chi connectivity index (χ2n) is 5.06. The van der Waals surface area contributed by atoms with Crippen LogP contribution < -0.4 is 19.9 Å². The lowest BCUT2D eigenvalue weighted by Crippen LogP contribution is -2.45. The summed E-state index contributed by atoms with van der Waals surface area (Å²) in [6.45, 7) is 1.28. The van der Waals surface area contributed by atoms with Crippen LogP contribution in [0.1, 0.15) is 23.2 Å². The van der Waals surface area contributed by atoms with E-state index in [0.29, 0.717) is 35.9 Å². The van der Waals surface area contributed by atoms with Gasteiger partial charge in [0.05, 0.1) is 26.9 Å². The Morgan fingerprint density at radius 1 is 1.14 bits per heavy atom. The van der Waals surface area contributed by atoms with Gasteiger partial charge in [0.15, 0.2) is 11.5 Å². The second kappa shape index (κ2) is 6.67. The number of hydrogen-bond acceptors (Lipinski definition) is 5. The molecule has 0 radical (unpaired) electrons. The van der Waals surface area contributed by atoms with Gasteiger partial charge in [-0.25, -0.2) is 0 Å². The molecule has 21 heavy (non-hydrogen) atoms. The van der Waals surface area contributed by atoms with Crippen LogP contribution in [0.2, 0.25) is 0 Å². The molecule has 1 aromatic rings.